The van der Waals surface area contributed by atoms with E-state index in [0.717, 1.165) is 13.8 Å². The Morgan fingerprint density at radius 3 is 1.95 bits per heavy atom. The fourth-order valence-corrected chi connectivity index (χ4v) is 6.56. The zero-order valence-corrected chi connectivity index (χ0v) is 31.9. The summed E-state index contributed by atoms with van der Waals surface area (Å²) in [4.78, 5) is 66.8. The number of aliphatic carboxylic acids is 1. The molecular formula is C33H56N6O16. The molecule has 55 heavy (non-hydrogen) atoms. The van der Waals surface area contributed by atoms with Crippen LogP contribution in [0.4, 0.5) is 0 Å². The number of carboxylic acid groups (broad SMARTS) is 1. The van der Waals surface area contributed by atoms with Gasteiger partial charge in [0.15, 0.2) is 31.1 Å². The van der Waals surface area contributed by atoms with Gasteiger partial charge < -0.3 is 81.0 Å². The number of amidine groups is 1. The Bertz CT molecular complexity index is 1370. The van der Waals surface area contributed by atoms with Gasteiger partial charge in [-0.2, -0.15) is 0 Å². The highest BCUT2D eigenvalue weighted by atomic mass is 16.7. The van der Waals surface area contributed by atoms with Crippen molar-refractivity contribution in [1.29, 1.82) is 0 Å². The number of rotatable bonds is 16. The highest BCUT2D eigenvalue weighted by molar-refractivity contribution is 5.79. The average Bonchev–Trinajstić information content (AvgIpc) is 3.05. The molecule has 22 nitrogen and oxygen atoms in total. The van der Waals surface area contributed by atoms with Gasteiger partial charge in [-0.25, -0.2) is 4.79 Å². The minimum absolute atomic E-state index is 0.0325. The Kier molecular flexibility index (Phi) is 17.1. The van der Waals surface area contributed by atoms with Crippen LogP contribution < -0.4 is 27.4 Å². The van der Waals surface area contributed by atoms with Gasteiger partial charge in [-0.1, -0.05) is 0 Å². The van der Waals surface area contributed by atoms with E-state index in [1.54, 1.807) is 6.92 Å². The lowest BCUT2D eigenvalue weighted by Crippen LogP contribution is -2.71. The molecule has 3 rings (SSSR count). The number of aliphatic hydroxyl groups excluding tert-OH is 3. The number of hydrogen-bond acceptors (Lipinski definition) is 17. The second-order valence-electron chi connectivity index (χ2n) is 13.8. The number of amides is 3. The molecule has 3 amide bonds. The topological polar surface area (TPSA) is 331 Å². The molecule has 0 unspecified atom stereocenters. The van der Waals surface area contributed by atoms with E-state index >= 15 is 0 Å². The third-order valence-electron chi connectivity index (χ3n) is 8.86. The molecule has 314 valence electrons. The van der Waals surface area contributed by atoms with Crippen molar-refractivity contribution in [2.45, 2.75) is 159 Å². The first-order valence-corrected chi connectivity index (χ1v) is 17.9. The largest absolute Gasteiger partial charge is 0.479 e. The quantitative estimate of drug-likeness (QED) is 0.0312. The monoisotopic (exact) mass is 792 g/mol. The summed E-state index contributed by atoms with van der Waals surface area (Å²) in [5.74, 6) is -4.46. The Labute approximate surface area is 317 Å². The zero-order chi connectivity index (χ0) is 41.3. The molecule has 3 aliphatic heterocycles. The lowest BCUT2D eigenvalue weighted by atomic mass is 9.92. The van der Waals surface area contributed by atoms with E-state index in [0.29, 0.717) is 13.0 Å². The number of nitrogens with zero attached hydrogens (tertiary/aromatic N) is 1. The van der Waals surface area contributed by atoms with Crippen LogP contribution in [0.25, 0.3) is 0 Å². The standard InChI is InChI=1S/C33H56N6O16/c1-12(40)11-19(44)39-20-21(37-16(5)41)32(55-29(25(20)46)30(47)48)53-26-14(3)51-33(23(36-15(4)35)28(26)52-18(7)43)54-27-22(38-17(6)42)31(49-10-8-9-34)50-13(2)24(27)45/h12-14,20-29,31-33,40,45-46H,8-11,34H2,1-7H3,(H2,35,36)(H,37,41)(H,38,42)(H,39,44)(H,47,48)/t12-,13-,14+,20-,21-,22-,23+,24-,25+,26-,27-,28+,29+,31+,32-,33+/m1/s1. The molecule has 0 aliphatic carbocycles. The van der Waals surface area contributed by atoms with E-state index in [-0.39, 0.29) is 12.4 Å². The molecule has 0 aromatic carbocycles. The van der Waals surface area contributed by atoms with Gasteiger partial charge in [0.1, 0.15) is 42.5 Å². The number of aliphatic hydroxyl groups is 3. The van der Waals surface area contributed by atoms with Crippen LogP contribution in [-0.2, 0) is 57.1 Å². The Morgan fingerprint density at radius 1 is 0.800 bits per heavy atom. The van der Waals surface area contributed by atoms with Gasteiger partial charge in [-0.3, -0.25) is 24.2 Å². The van der Waals surface area contributed by atoms with Gasteiger partial charge in [0, 0.05) is 20.8 Å². The molecule has 0 saturated carbocycles. The molecule has 0 aromatic rings. The number of nitrogens with two attached hydrogens (primary N) is 2. The fraction of sp³-hybridized carbons (Fsp3) is 0.818. The predicted molar refractivity (Wildman–Crippen MR) is 186 cm³/mol. The lowest BCUT2D eigenvalue weighted by molar-refractivity contribution is -0.338. The zero-order valence-electron chi connectivity index (χ0n) is 31.9. The van der Waals surface area contributed by atoms with Crippen LogP contribution in [0.5, 0.6) is 0 Å². The molecule has 3 fully saturated rings. The summed E-state index contributed by atoms with van der Waals surface area (Å²) in [6.07, 6.45) is -16.8. The molecule has 0 bridgehead atoms. The molecule has 3 heterocycles. The van der Waals surface area contributed by atoms with Crippen LogP contribution in [0.1, 0.15) is 61.3 Å². The second-order valence-corrected chi connectivity index (χ2v) is 13.8. The van der Waals surface area contributed by atoms with Crippen LogP contribution >= 0.6 is 0 Å². The number of carboxylic acids is 1. The summed E-state index contributed by atoms with van der Waals surface area (Å²) < 4.78 is 42.1. The van der Waals surface area contributed by atoms with Gasteiger partial charge in [0.05, 0.1) is 43.2 Å². The number of esters is 1. The highest BCUT2D eigenvalue weighted by Gasteiger charge is 2.56. The number of nitrogens with one attached hydrogen (secondary N) is 3. The first-order valence-electron chi connectivity index (χ1n) is 17.9. The normalized spacial score (nSPS) is 37.3. The average molecular weight is 793 g/mol. The predicted octanol–water partition coefficient (Wildman–Crippen LogP) is -3.91. The fourth-order valence-electron chi connectivity index (χ4n) is 6.56. The van der Waals surface area contributed by atoms with E-state index in [2.05, 4.69) is 20.9 Å². The Balaban J connectivity index is 2.06. The van der Waals surface area contributed by atoms with Crippen molar-refractivity contribution in [3.8, 4) is 0 Å². The molecule has 22 heteroatoms. The van der Waals surface area contributed by atoms with Crippen LogP contribution in [0, 0.1) is 0 Å². The van der Waals surface area contributed by atoms with Crippen LogP contribution in [-0.4, -0.2) is 167 Å². The third kappa shape index (κ3) is 12.5. The number of aliphatic imine (C=N–C) groups is 1. The first kappa shape index (κ1) is 45.8. The van der Waals surface area contributed by atoms with Gasteiger partial charge >= 0.3 is 11.9 Å². The van der Waals surface area contributed by atoms with Crippen LogP contribution in [0.3, 0.4) is 0 Å². The minimum Gasteiger partial charge on any atom is -0.479 e. The SMILES string of the molecule is CC(=O)N[C@H]1[C@H](O[C@H]2[C@@H](OC(C)=O)[C@H](N=C(C)N)[C@H](O[C@H]3[C@H](O)[C@@H](C)O[C@H](OCCCN)[C@@H]3NC(C)=O)O[C@H]2C)O[C@H](C(=O)O)[C@@H](O)[C@@H]1NC(=O)C[C@@H](C)O. The maximum absolute atomic E-state index is 12.8. The number of ether oxygens (including phenoxy) is 7. The summed E-state index contributed by atoms with van der Waals surface area (Å²) in [6, 6.07) is -5.44. The number of carbonyl (C=O) groups excluding carboxylic acids is 4. The molecule has 11 N–H and O–H groups in total. The molecule has 0 aromatic heterocycles. The maximum Gasteiger partial charge on any atom is 0.335 e. The van der Waals surface area contributed by atoms with Crippen molar-refractivity contribution in [1.82, 2.24) is 16.0 Å². The van der Waals surface area contributed by atoms with Gasteiger partial charge in [-0.05, 0) is 40.7 Å². The van der Waals surface area contributed by atoms with Crippen molar-refractivity contribution in [3.63, 3.8) is 0 Å². The van der Waals surface area contributed by atoms with Crippen LogP contribution in [0.15, 0.2) is 4.99 Å². The Morgan fingerprint density at radius 2 is 1.40 bits per heavy atom. The summed E-state index contributed by atoms with van der Waals surface area (Å²) in [5.41, 5.74) is 11.6. The summed E-state index contributed by atoms with van der Waals surface area (Å²) in [6.45, 7) is 9.77. The number of carbonyl (C=O) groups is 5. The van der Waals surface area contributed by atoms with E-state index in [1.165, 1.54) is 27.7 Å². The van der Waals surface area contributed by atoms with Crippen molar-refractivity contribution in [3.05, 3.63) is 0 Å². The van der Waals surface area contributed by atoms with Gasteiger partial charge in [-0.15, -0.1) is 0 Å². The van der Waals surface area contributed by atoms with Crippen molar-refractivity contribution in [2.75, 3.05) is 13.2 Å². The minimum atomic E-state index is -2.00. The van der Waals surface area contributed by atoms with Crippen molar-refractivity contribution in [2.24, 2.45) is 16.5 Å². The summed E-state index contributed by atoms with van der Waals surface area (Å²) >= 11 is 0. The molecular weight excluding hydrogens is 736 g/mol. The van der Waals surface area contributed by atoms with Gasteiger partial charge in [0.2, 0.25) is 17.7 Å². The molecule has 16 atom stereocenters. The Hall–Kier alpha value is -3.58. The molecule has 3 saturated heterocycles. The first-order chi connectivity index (χ1) is 25.7. The van der Waals surface area contributed by atoms with Crippen molar-refractivity contribution < 1.29 is 77.6 Å². The molecule has 0 radical (unpaired) electrons. The van der Waals surface area contributed by atoms with E-state index in [4.69, 9.17) is 44.6 Å². The molecule has 3 aliphatic rings. The lowest BCUT2D eigenvalue weighted by Gasteiger charge is -2.50. The van der Waals surface area contributed by atoms with Gasteiger partial charge in [0.25, 0.3) is 0 Å². The van der Waals surface area contributed by atoms with Crippen molar-refractivity contribution >= 4 is 35.5 Å². The van der Waals surface area contributed by atoms with E-state index in [1.807, 2.05) is 0 Å². The summed E-state index contributed by atoms with van der Waals surface area (Å²) in [5, 5.41) is 49.7. The third-order valence-corrected chi connectivity index (χ3v) is 8.86. The smallest absolute Gasteiger partial charge is 0.335 e. The number of hydrogen-bond donors (Lipinski definition) is 9. The van der Waals surface area contributed by atoms with Crippen LogP contribution in [0.2, 0.25) is 0 Å². The van der Waals surface area contributed by atoms with E-state index < -0.39 is 134 Å². The van der Waals surface area contributed by atoms with E-state index in [9.17, 15) is 44.4 Å². The summed E-state index contributed by atoms with van der Waals surface area (Å²) in [7, 11) is 0. The maximum atomic E-state index is 12.8. The second kappa shape index (κ2) is 20.5. The highest BCUT2D eigenvalue weighted by Crippen LogP contribution is 2.35. The molecule has 0 spiro atoms.